The van der Waals surface area contributed by atoms with Gasteiger partial charge in [-0.15, -0.1) is 0 Å². The zero-order valence-corrected chi connectivity index (χ0v) is 24.6. The van der Waals surface area contributed by atoms with Crippen molar-refractivity contribution in [2.45, 2.75) is 72.1 Å². The van der Waals surface area contributed by atoms with Crippen molar-refractivity contribution >= 4 is 0 Å². The summed E-state index contributed by atoms with van der Waals surface area (Å²) < 4.78 is 2.43. The summed E-state index contributed by atoms with van der Waals surface area (Å²) in [5, 5.41) is 0. The van der Waals surface area contributed by atoms with Crippen LogP contribution in [-0.4, -0.2) is 9.55 Å². The highest BCUT2D eigenvalue weighted by molar-refractivity contribution is 5.79. The summed E-state index contributed by atoms with van der Waals surface area (Å²) in [6.07, 6.45) is 4.55. The molecule has 2 heterocycles. The number of aromatic amines is 1. The molecule has 0 unspecified atom stereocenters. The maximum Gasteiger partial charge on any atom is 0.0549 e. The Bertz CT molecular complexity index is 1570. The fourth-order valence-electron chi connectivity index (χ4n) is 5.42. The molecule has 0 saturated carbocycles. The first-order valence-electron chi connectivity index (χ1n) is 14.3. The summed E-state index contributed by atoms with van der Waals surface area (Å²) in [6.45, 7) is 16.1. The predicted octanol–water partition coefficient (Wildman–Crippen LogP) is 10.4. The second-order valence-electron chi connectivity index (χ2n) is 12.8. The van der Waals surface area contributed by atoms with Gasteiger partial charge in [-0.1, -0.05) is 116 Å². The second kappa shape index (κ2) is 10.4. The first-order chi connectivity index (χ1) is 18.6. The minimum Gasteiger partial charge on any atom is -0.358 e. The molecule has 0 fully saturated rings. The van der Waals surface area contributed by atoms with Crippen LogP contribution in [0.4, 0.5) is 0 Å². The average Bonchev–Trinajstić information content (AvgIpc) is 3.56. The molecule has 2 nitrogen and oxygen atoms in total. The van der Waals surface area contributed by atoms with E-state index in [9.17, 15) is 0 Å². The number of para-hydroxylation sites is 1. The number of rotatable bonds is 6. The van der Waals surface area contributed by atoms with Gasteiger partial charge in [-0.25, -0.2) is 0 Å². The van der Waals surface area contributed by atoms with E-state index < -0.39 is 0 Å². The quantitative estimate of drug-likeness (QED) is 0.233. The number of nitrogens with one attached hydrogen (secondary N) is 1. The van der Waals surface area contributed by atoms with E-state index in [1.807, 2.05) is 0 Å². The van der Waals surface area contributed by atoms with Crippen LogP contribution in [0.5, 0.6) is 0 Å². The summed E-state index contributed by atoms with van der Waals surface area (Å²) >= 11 is 0. The van der Waals surface area contributed by atoms with Crippen LogP contribution in [0.25, 0.3) is 39.3 Å². The maximum atomic E-state index is 3.69. The first-order valence-corrected chi connectivity index (χ1v) is 14.3. The Morgan fingerprint density at radius 2 is 1.38 bits per heavy atom. The van der Waals surface area contributed by atoms with Crippen molar-refractivity contribution in [2.75, 3.05) is 0 Å². The SMILES string of the molecule is CCCc1ccc(-c2ccccc2-n2cc(C(C)(C)C)cc2-c2cc(-c3ccccc3)ccc2C(C)(C)C)[nH]1. The topological polar surface area (TPSA) is 20.7 Å². The molecule has 1 N–H and O–H groups in total. The minimum absolute atomic E-state index is 0.00439. The zero-order chi connectivity index (χ0) is 27.8. The Kier molecular flexibility index (Phi) is 7.16. The molecule has 39 heavy (non-hydrogen) atoms. The summed E-state index contributed by atoms with van der Waals surface area (Å²) in [5.41, 5.74) is 12.6. The molecule has 0 aliphatic rings. The molecule has 2 aromatic heterocycles. The third-order valence-electron chi connectivity index (χ3n) is 7.62. The molecule has 2 heteroatoms. The molecule has 0 saturated heterocycles. The maximum absolute atomic E-state index is 3.69. The third kappa shape index (κ3) is 5.52. The van der Waals surface area contributed by atoms with E-state index >= 15 is 0 Å². The molecule has 0 radical (unpaired) electrons. The molecule has 5 rings (SSSR count). The molecule has 0 bridgehead atoms. The van der Waals surface area contributed by atoms with E-state index in [2.05, 4.69) is 155 Å². The molecule has 0 atom stereocenters. The number of aryl methyl sites for hydroxylation is 1. The zero-order valence-electron chi connectivity index (χ0n) is 24.6. The fraction of sp³-hybridized carbons (Fsp3) is 0.297. The molecule has 0 aliphatic carbocycles. The number of aromatic nitrogens is 2. The Morgan fingerprint density at radius 1 is 0.667 bits per heavy atom. The van der Waals surface area contributed by atoms with Crippen LogP contribution >= 0.6 is 0 Å². The van der Waals surface area contributed by atoms with Gasteiger partial charge in [0.2, 0.25) is 0 Å². The fourth-order valence-corrected chi connectivity index (χ4v) is 5.42. The van der Waals surface area contributed by atoms with Gasteiger partial charge in [-0.05, 0) is 69.8 Å². The van der Waals surface area contributed by atoms with E-state index in [0.717, 1.165) is 12.8 Å². The van der Waals surface area contributed by atoms with Gasteiger partial charge in [-0.2, -0.15) is 0 Å². The van der Waals surface area contributed by atoms with E-state index in [-0.39, 0.29) is 10.8 Å². The van der Waals surface area contributed by atoms with Gasteiger partial charge in [0.25, 0.3) is 0 Å². The number of hydrogen-bond donors (Lipinski definition) is 1. The van der Waals surface area contributed by atoms with Gasteiger partial charge in [0.05, 0.1) is 11.4 Å². The molecular weight excluding hydrogens is 472 g/mol. The van der Waals surface area contributed by atoms with Crippen LogP contribution in [0.3, 0.4) is 0 Å². The lowest BCUT2D eigenvalue weighted by atomic mass is 9.81. The van der Waals surface area contributed by atoms with Crippen LogP contribution in [0.1, 0.15) is 71.7 Å². The van der Waals surface area contributed by atoms with Crippen molar-refractivity contribution in [3.8, 4) is 39.3 Å². The lowest BCUT2D eigenvalue weighted by Gasteiger charge is -2.25. The highest BCUT2D eigenvalue weighted by Gasteiger charge is 2.25. The van der Waals surface area contributed by atoms with Gasteiger partial charge < -0.3 is 9.55 Å². The summed E-state index contributed by atoms with van der Waals surface area (Å²) in [7, 11) is 0. The largest absolute Gasteiger partial charge is 0.358 e. The molecule has 200 valence electrons. The highest BCUT2D eigenvalue weighted by atomic mass is 15.0. The standard InChI is InChI=1S/C37H42N2/c1-8-14-29-20-22-33(38-29)30-17-12-13-18-34(30)39-25-28(36(2,3)4)24-35(39)31-23-27(26-15-10-9-11-16-26)19-21-32(31)37(5,6)7/h9-13,15-25,38H,8,14H2,1-7H3. The first kappa shape index (κ1) is 26.8. The van der Waals surface area contributed by atoms with Crippen molar-refractivity contribution in [3.05, 3.63) is 114 Å². The van der Waals surface area contributed by atoms with E-state index in [0.29, 0.717) is 0 Å². The predicted molar refractivity (Wildman–Crippen MR) is 168 cm³/mol. The normalized spacial score (nSPS) is 12.2. The smallest absolute Gasteiger partial charge is 0.0549 e. The number of H-pyrrole nitrogens is 1. The number of nitrogens with zero attached hydrogens (tertiary/aromatic N) is 1. The lowest BCUT2D eigenvalue weighted by molar-refractivity contribution is 0.590. The van der Waals surface area contributed by atoms with Crippen LogP contribution in [0.2, 0.25) is 0 Å². The number of benzene rings is 3. The van der Waals surface area contributed by atoms with Crippen LogP contribution in [0.15, 0.2) is 97.2 Å². The monoisotopic (exact) mass is 514 g/mol. The van der Waals surface area contributed by atoms with Gasteiger partial charge in [0.1, 0.15) is 0 Å². The molecular formula is C37H42N2. The van der Waals surface area contributed by atoms with Gasteiger partial charge in [0.15, 0.2) is 0 Å². The van der Waals surface area contributed by atoms with Crippen LogP contribution in [-0.2, 0) is 17.3 Å². The highest BCUT2D eigenvalue weighted by Crippen LogP contribution is 2.41. The van der Waals surface area contributed by atoms with E-state index in [1.54, 1.807) is 0 Å². The molecule has 0 spiro atoms. The Balaban J connectivity index is 1.78. The molecule has 0 aliphatic heterocycles. The minimum atomic E-state index is -0.00439. The number of hydrogen-bond acceptors (Lipinski definition) is 0. The third-order valence-corrected chi connectivity index (χ3v) is 7.62. The van der Waals surface area contributed by atoms with Crippen molar-refractivity contribution in [3.63, 3.8) is 0 Å². The van der Waals surface area contributed by atoms with Crippen molar-refractivity contribution in [1.82, 2.24) is 9.55 Å². The van der Waals surface area contributed by atoms with Crippen molar-refractivity contribution in [2.24, 2.45) is 0 Å². The van der Waals surface area contributed by atoms with Gasteiger partial charge in [-0.3, -0.25) is 0 Å². The van der Waals surface area contributed by atoms with E-state index in [4.69, 9.17) is 0 Å². The van der Waals surface area contributed by atoms with Gasteiger partial charge in [0, 0.05) is 28.7 Å². The summed E-state index contributed by atoms with van der Waals surface area (Å²) in [4.78, 5) is 3.69. The second-order valence-corrected chi connectivity index (χ2v) is 12.8. The molecule has 5 aromatic rings. The summed E-state index contributed by atoms with van der Waals surface area (Å²) in [5.74, 6) is 0. The Morgan fingerprint density at radius 3 is 2.08 bits per heavy atom. The molecule has 0 amide bonds. The van der Waals surface area contributed by atoms with E-state index in [1.165, 1.54) is 56.1 Å². The Hall–Kier alpha value is -3.78. The van der Waals surface area contributed by atoms with Crippen molar-refractivity contribution < 1.29 is 0 Å². The summed E-state index contributed by atoms with van der Waals surface area (Å²) in [6, 6.07) is 33.4. The van der Waals surface area contributed by atoms with Crippen LogP contribution in [0, 0.1) is 0 Å². The lowest BCUT2D eigenvalue weighted by Crippen LogP contribution is -2.13. The average molecular weight is 515 g/mol. The van der Waals surface area contributed by atoms with Crippen LogP contribution < -0.4 is 0 Å². The Labute approximate surface area is 234 Å². The van der Waals surface area contributed by atoms with Crippen molar-refractivity contribution in [1.29, 1.82) is 0 Å². The van der Waals surface area contributed by atoms with Gasteiger partial charge >= 0.3 is 0 Å². The molecule has 3 aromatic carbocycles.